The van der Waals surface area contributed by atoms with E-state index in [1.54, 1.807) is 43.0 Å². The van der Waals surface area contributed by atoms with Gasteiger partial charge in [-0.15, -0.1) is 0 Å². The highest BCUT2D eigenvalue weighted by molar-refractivity contribution is 6.22. The van der Waals surface area contributed by atoms with E-state index in [0.29, 0.717) is 29.8 Å². The fraction of sp³-hybridized carbons (Fsp3) is 0.360. The van der Waals surface area contributed by atoms with Crippen LogP contribution in [0.4, 0.5) is 4.79 Å². The number of likely N-dealkylation sites (N-methyl/N-ethyl adjacent to an activating group) is 2. The van der Waals surface area contributed by atoms with Gasteiger partial charge in [0.05, 0.1) is 20.2 Å². The lowest BCUT2D eigenvalue weighted by molar-refractivity contribution is -0.545. The van der Waals surface area contributed by atoms with E-state index in [9.17, 15) is 14.7 Å². The Hall–Kier alpha value is -3.92. The maximum Gasteiger partial charge on any atom is 0.390 e. The molecule has 0 aliphatic carbocycles. The zero-order valence-corrected chi connectivity index (χ0v) is 20.3. The summed E-state index contributed by atoms with van der Waals surface area (Å²) in [7, 11) is 4.61. The number of carbonyl (C=O) groups is 2. The predicted octanol–water partition coefficient (Wildman–Crippen LogP) is 1.21. The summed E-state index contributed by atoms with van der Waals surface area (Å²) in [5, 5.41) is 14.0. The van der Waals surface area contributed by atoms with Gasteiger partial charge in [-0.1, -0.05) is 34.8 Å². The van der Waals surface area contributed by atoms with Gasteiger partial charge in [-0.25, -0.2) is 9.37 Å². The number of β-amino-alcohol motifs (C(OH)–C–C–N with tert-alkyl or cyclic N) is 1. The number of hydrogen-bond donors (Lipinski definition) is 2. The van der Waals surface area contributed by atoms with Gasteiger partial charge in [0.25, 0.3) is 5.91 Å². The quantitative estimate of drug-likeness (QED) is 0.550. The Balaban J connectivity index is 1.52. The zero-order valence-electron chi connectivity index (χ0n) is 20.3. The number of aliphatic hydroxyl groups excluding tert-OH is 1. The first kappa shape index (κ1) is 24.2. The monoisotopic (exact) mass is 480 g/mol. The zero-order chi connectivity index (χ0) is 25.1. The van der Waals surface area contributed by atoms with Crippen LogP contribution in [-0.2, 0) is 11.3 Å². The highest BCUT2D eigenvalue weighted by Gasteiger charge is 2.51. The van der Waals surface area contributed by atoms with Gasteiger partial charge < -0.3 is 14.6 Å². The lowest BCUT2D eigenvalue weighted by atomic mass is 10.1. The number of benzene rings is 2. The minimum atomic E-state index is -0.927. The molecular formula is C25H30N5O5+. The standard InChI is InChI=1S/C25H29N5O5/c1-16-5-7-17(8-6-16)13-26-24-27-22-21(23(32)29(3)25(33)28(22)2)30(24)14-18(31)15-35-20-11-9-19(34-4)10-12-20/h5-12,18,21,31H,13-15H2,1-4H3/p+1. The number of carbonyl (C=O) groups excluding carboxylic acids is 2. The van der Waals surface area contributed by atoms with Crippen LogP contribution in [-0.4, -0.2) is 89.7 Å². The van der Waals surface area contributed by atoms with E-state index < -0.39 is 24.1 Å². The largest absolute Gasteiger partial charge is 0.497 e. The van der Waals surface area contributed by atoms with Gasteiger partial charge in [0.2, 0.25) is 11.9 Å². The van der Waals surface area contributed by atoms with Gasteiger partial charge in [-0.3, -0.25) is 19.9 Å². The number of fused-ring (bicyclic) bond motifs is 1. The fourth-order valence-corrected chi connectivity index (χ4v) is 3.96. The van der Waals surface area contributed by atoms with Crippen LogP contribution in [0.5, 0.6) is 11.5 Å². The second kappa shape index (κ2) is 10.1. The molecule has 2 aromatic carbocycles. The van der Waals surface area contributed by atoms with Crippen LogP contribution in [0.15, 0.2) is 53.5 Å². The summed E-state index contributed by atoms with van der Waals surface area (Å²) in [6.45, 7) is 2.57. The molecule has 0 aromatic heterocycles. The second-order valence-corrected chi connectivity index (χ2v) is 8.57. The van der Waals surface area contributed by atoms with Crippen molar-refractivity contribution in [2.75, 3.05) is 34.4 Å². The van der Waals surface area contributed by atoms with Crippen LogP contribution in [0.2, 0.25) is 0 Å². The third kappa shape index (κ3) is 5.12. The third-order valence-corrected chi connectivity index (χ3v) is 6.01. The summed E-state index contributed by atoms with van der Waals surface area (Å²) in [5.41, 5.74) is 2.19. The van der Waals surface area contributed by atoms with Crippen LogP contribution in [0, 0.1) is 6.92 Å². The summed E-state index contributed by atoms with van der Waals surface area (Å²) in [6, 6.07) is 13.8. The maximum atomic E-state index is 13.0. The number of aryl methyl sites for hydroxylation is 1. The van der Waals surface area contributed by atoms with E-state index in [0.717, 1.165) is 16.0 Å². The van der Waals surface area contributed by atoms with Crippen molar-refractivity contribution < 1.29 is 28.7 Å². The Morgan fingerprint density at radius 2 is 1.71 bits per heavy atom. The van der Waals surface area contributed by atoms with E-state index in [4.69, 9.17) is 9.47 Å². The predicted molar refractivity (Wildman–Crippen MR) is 130 cm³/mol. The summed E-state index contributed by atoms with van der Waals surface area (Å²) in [6.07, 6.45) is -0.927. The molecule has 2 aliphatic heterocycles. The highest BCUT2D eigenvalue weighted by atomic mass is 16.5. The molecule has 2 heterocycles. The molecule has 0 bridgehead atoms. The molecule has 0 spiro atoms. The SMILES string of the molecule is COc1ccc(OCC(O)C[N+]2=C(NCc3ccc(C)cc3)N=C3C2C(=O)N(C)C(=O)N3C)cc1. The summed E-state index contributed by atoms with van der Waals surface area (Å²) < 4.78 is 12.5. The first-order valence-corrected chi connectivity index (χ1v) is 11.3. The summed E-state index contributed by atoms with van der Waals surface area (Å²) >= 11 is 0. The number of aliphatic imine (C=N–C) groups is 1. The molecule has 0 saturated carbocycles. The molecule has 3 amide bonds. The molecule has 0 radical (unpaired) electrons. The van der Waals surface area contributed by atoms with Crippen molar-refractivity contribution in [3.05, 3.63) is 59.7 Å². The number of guanidine groups is 1. The van der Waals surface area contributed by atoms with Crippen molar-refractivity contribution in [3.63, 3.8) is 0 Å². The number of nitrogens with one attached hydrogen (secondary N) is 1. The van der Waals surface area contributed by atoms with Crippen LogP contribution in [0.1, 0.15) is 11.1 Å². The highest BCUT2D eigenvalue weighted by Crippen LogP contribution is 2.20. The van der Waals surface area contributed by atoms with E-state index in [1.165, 1.54) is 11.9 Å². The Morgan fingerprint density at radius 1 is 1.06 bits per heavy atom. The third-order valence-electron chi connectivity index (χ3n) is 6.01. The number of urea groups is 1. The molecular weight excluding hydrogens is 450 g/mol. The minimum absolute atomic E-state index is 0.00885. The molecule has 2 N–H and O–H groups in total. The van der Waals surface area contributed by atoms with Crippen LogP contribution in [0.25, 0.3) is 0 Å². The van der Waals surface area contributed by atoms with Gasteiger partial charge >= 0.3 is 12.0 Å². The van der Waals surface area contributed by atoms with E-state index in [1.807, 2.05) is 31.2 Å². The Kier molecular flexibility index (Phi) is 7.02. The van der Waals surface area contributed by atoms with Crippen LogP contribution in [0.3, 0.4) is 0 Å². The minimum Gasteiger partial charge on any atom is -0.497 e. The van der Waals surface area contributed by atoms with Crippen molar-refractivity contribution in [2.24, 2.45) is 4.99 Å². The van der Waals surface area contributed by atoms with E-state index >= 15 is 0 Å². The van der Waals surface area contributed by atoms with Crippen molar-refractivity contribution in [3.8, 4) is 11.5 Å². The average molecular weight is 481 g/mol. The lowest BCUT2D eigenvalue weighted by Gasteiger charge is -2.32. The number of nitrogens with zero attached hydrogens (tertiary/aromatic N) is 4. The van der Waals surface area contributed by atoms with Crippen molar-refractivity contribution in [1.82, 2.24) is 15.1 Å². The Bertz CT molecular complexity index is 1160. The molecule has 184 valence electrons. The average Bonchev–Trinajstić information content (AvgIpc) is 3.23. The summed E-state index contributed by atoms with van der Waals surface area (Å²) in [4.78, 5) is 32.5. The number of amides is 3. The number of methoxy groups -OCH3 is 1. The van der Waals surface area contributed by atoms with Gasteiger partial charge in [-0.2, -0.15) is 0 Å². The number of imide groups is 1. The van der Waals surface area contributed by atoms with Gasteiger partial charge in [0, 0.05) is 14.1 Å². The number of rotatable bonds is 8. The van der Waals surface area contributed by atoms with Gasteiger partial charge in [0.1, 0.15) is 24.2 Å². The first-order valence-electron chi connectivity index (χ1n) is 11.3. The Labute approximate surface area is 204 Å². The maximum absolute atomic E-state index is 13.0. The molecule has 2 aromatic rings. The smallest absolute Gasteiger partial charge is 0.390 e. The number of hydrogen-bond acceptors (Lipinski definition) is 7. The van der Waals surface area contributed by atoms with E-state index in [2.05, 4.69) is 10.3 Å². The topological polar surface area (TPSA) is 107 Å². The van der Waals surface area contributed by atoms with E-state index in [-0.39, 0.29) is 13.2 Å². The van der Waals surface area contributed by atoms with Crippen molar-refractivity contribution in [2.45, 2.75) is 25.6 Å². The molecule has 2 atom stereocenters. The molecule has 2 unspecified atom stereocenters. The summed E-state index contributed by atoms with van der Waals surface area (Å²) in [5.74, 6) is 1.63. The van der Waals surface area contributed by atoms with Crippen molar-refractivity contribution in [1.29, 1.82) is 0 Å². The number of aliphatic hydroxyl groups is 1. The van der Waals surface area contributed by atoms with Gasteiger partial charge in [-0.05, 0) is 36.8 Å². The van der Waals surface area contributed by atoms with Gasteiger partial charge in [0.15, 0.2) is 0 Å². The second-order valence-electron chi connectivity index (χ2n) is 8.57. The molecule has 35 heavy (non-hydrogen) atoms. The Morgan fingerprint density at radius 3 is 2.37 bits per heavy atom. The molecule has 2 aliphatic rings. The lowest BCUT2D eigenvalue weighted by Crippen LogP contribution is -2.62. The number of ether oxygens (including phenoxy) is 2. The first-order chi connectivity index (χ1) is 16.8. The normalized spacial score (nSPS) is 18.4. The molecule has 10 heteroatoms. The molecule has 1 saturated heterocycles. The number of amidine groups is 1. The van der Waals surface area contributed by atoms with Crippen molar-refractivity contribution >= 4 is 23.7 Å². The van der Waals surface area contributed by atoms with Crippen LogP contribution >= 0.6 is 0 Å². The molecule has 4 rings (SSSR count). The molecule has 10 nitrogen and oxygen atoms in total. The molecule has 1 fully saturated rings. The van der Waals surface area contributed by atoms with Crippen LogP contribution < -0.4 is 14.8 Å². The fourth-order valence-electron chi connectivity index (χ4n) is 3.96.